The number of benzene rings is 2. The lowest BCUT2D eigenvalue weighted by Gasteiger charge is -2.26. The van der Waals surface area contributed by atoms with Gasteiger partial charge in [0, 0.05) is 24.5 Å². The molecule has 2 aromatic carbocycles. The van der Waals surface area contributed by atoms with E-state index in [0.717, 1.165) is 12.1 Å². The molecule has 1 fully saturated rings. The first-order chi connectivity index (χ1) is 16.6. The minimum absolute atomic E-state index is 0.158. The van der Waals surface area contributed by atoms with E-state index in [9.17, 15) is 22.0 Å². The van der Waals surface area contributed by atoms with Crippen LogP contribution in [0, 0.1) is 11.6 Å². The summed E-state index contributed by atoms with van der Waals surface area (Å²) in [6.45, 7) is 0.838. The normalized spacial score (nSPS) is 15.6. The Morgan fingerprint density at radius 1 is 1.00 bits per heavy atom. The summed E-state index contributed by atoms with van der Waals surface area (Å²) in [6.07, 6.45) is 4.29. The van der Waals surface area contributed by atoms with Crippen LogP contribution in [0.5, 0.6) is 0 Å². The molecule has 2 aliphatic rings. The topological polar surface area (TPSA) is 122 Å². The Labute approximate surface area is 204 Å². The van der Waals surface area contributed by atoms with Crippen molar-refractivity contribution < 1.29 is 22.0 Å². The van der Waals surface area contributed by atoms with E-state index in [-0.39, 0.29) is 15.8 Å². The molecular formula is C22H19ClF2N6O3S. The molecule has 13 heteroatoms. The van der Waals surface area contributed by atoms with Gasteiger partial charge in [0.25, 0.3) is 10.0 Å². The molecular weight excluding hydrogens is 502 g/mol. The molecule has 0 unspecified atom stereocenters. The minimum Gasteiger partial charge on any atom is -0.396 e. The Morgan fingerprint density at radius 3 is 2.31 bits per heavy atom. The summed E-state index contributed by atoms with van der Waals surface area (Å²) in [4.78, 5) is 24.2. The van der Waals surface area contributed by atoms with Crippen molar-refractivity contribution in [1.29, 1.82) is 0 Å². The summed E-state index contributed by atoms with van der Waals surface area (Å²) in [7, 11) is -4.43. The van der Waals surface area contributed by atoms with Gasteiger partial charge < -0.3 is 15.5 Å². The highest BCUT2D eigenvalue weighted by Gasteiger charge is 2.34. The van der Waals surface area contributed by atoms with Gasteiger partial charge in [0.05, 0.1) is 34.4 Å². The number of nitrogens with two attached hydrogens (primary N) is 1. The highest BCUT2D eigenvalue weighted by atomic mass is 35.5. The van der Waals surface area contributed by atoms with Crippen LogP contribution in [0.1, 0.15) is 18.4 Å². The average Bonchev–Trinajstić information content (AvgIpc) is 3.42. The predicted octanol–water partition coefficient (Wildman–Crippen LogP) is 3.61. The van der Waals surface area contributed by atoms with Crippen LogP contribution in [-0.2, 0) is 21.2 Å². The molecule has 35 heavy (non-hydrogen) atoms. The Morgan fingerprint density at radius 2 is 1.69 bits per heavy atom. The van der Waals surface area contributed by atoms with Gasteiger partial charge >= 0.3 is 0 Å². The SMILES string of the molecule is Nc1cnc(N2CCc3cc(S(=O)(=O)Nc4c(F)cc(Cl)cc4F)cc(N4CCCC4=O)c32)nc1. The third-order valence-corrected chi connectivity index (χ3v) is 7.38. The molecule has 0 saturated carbocycles. The van der Waals surface area contributed by atoms with Crippen LogP contribution < -0.4 is 20.3 Å². The number of carbonyl (C=O) groups is 1. The first-order valence-corrected chi connectivity index (χ1v) is 12.5. The molecule has 0 atom stereocenters. The summed E-state index contributed by atoms with van der Waals surface area (Å²) in [5.41, 5.74) is 6.83. The Hall–Kier alpha value is -3.51. The van der Waals surface area contributed by atoms with Crippen molar-refractivity contribution in [1.82, 2.24) is 9.97 Å². The van der Waals surface area contributed by atoms with Crippen LogP contribution in [0.15, 0.2) is 41.6 Å². The summed E-state index contributed by atoms with van der Waals surface area (Å²) in [6, 6.07) is 4.37. The molecule has 0 aliphatic carbocycles. The number of hydrogen-bond donors (Lipinski definition) is 2. The van der Waals surface area contributed by atoms with Crippen LogP contribution in [-0.4, -0.2) is 37.4 Å². The maximum absolute atomic E-state index is 14.3. The Kier molecular flexibility index (Phi) is 5.72. The third-order valence-electron chi connectivity index (χ3n) is 5.83. The minimum atomic E-state index is -4.43. The van der Waals surface area contributed by atoms with Gasteiger partial charge in [-0.15, -0.1) is 0 Å². The maximum Gasteiger partial charge on any atom is 0.262 e. The molecule has 5 rings (SSSR count). The van der Waals surface area contributed by atoms with Gasteiger partial charge in [-0.25, -0.2) is 27.2 Å². The number of sulfonamides is 1. The van der Waals surface area contributed by atoms with Crippen LogP contribution in [0.25, 0.3) is 0 Å². The standard InChI is InChI=1S/C22H19ClF2N6O3S/c23-13-7-16(24)20(17(25)8-13)29-35(33,34)15-6-12-3-5-31(22-27-10-14(26)11-28-22)21(12)18(9-15)30-4-1-2-19(30)32/h6-11,29H,1-5,26H2. The highest BCUT2D eigenvalue weighted by Crippen LogP contribution is 2.44. The van der Waals surface area contributed by atoms with Gasteiger partial charge in [-0.3, -0.25) is 9.52 Å². The summed E-state index contributed by atoms with van der Waals surface area (Å²) >= 11 is 5.64. The van der Waals surface area contributed by atoms with E-state index in [2.05, 4.69) is 9.97 Å². The molecule has 3 heterocycles. The van der Waals surface area contributed by atoms with E-state index < -0.39 is 27.3 Å². The van der Waals surface area contributed by atoms with Gasteiger partial charge in [0.2, 0.25) is 11.9 Å². The van der Waals surface area contributed by atoms with Gasteiger partial charge in [-0.1, -0.05) is 11.6 Å². The van der Waals surface area contributed by atoms with Crippen LogP contribution >= 0.6 is 11.6 Å². The zero-order chi connectivity index (χ0) is 24.9. The Bertz CT molecular complexity index is 1430. The fourth-order valence-electron chi connectivity index (χ4n) is 4.26. The maximum atomic E-state index is 14.3. The number of aromatic nitrogens is 2. The highest BCUT2D eigenvalue weighted by molar-refractivity contribution is 7.92. The summed E-state index contributed by atoms with van der Waals surface area (Å²) in [5, 5.41) is -0.208. The van der Waals surface area contributed by atoms with Crippen molar-refractivity contribution >= 4 is 56.2 Å². The number of amides is 1. The van der Waals surface area contributed by atoms with E-state index >= 15 is 0 Å². The van der Waals surface area contributed by atoms with Crippen molar-refractivity contribution in [2.24, 2.45) is 0 Å². The van der Waals surface area contributed by atoms with Crippen LogP contribution in [0.2, 0.25) is 5.02 Å². The van der Waals surface area contributed by atoms with E-state index in [0.29, 0.717) is 60.9 Å². The second-order valence-corrected chi connectivity index (χ2v) is 10.3. The third kappa shape index (κ3) is 4.23. The van der Waals surface area contributed by atoms with Crippen LogP contribution in [0.4, 0.5) is 37.5 Å². The number of nitrogen functional groups attached to an aromatic ring is 1. The van der Waals surface area contributed by atoms with Crippen molar-refractivity contribution in [3.63, 3.8) is 0 Å². The Balaban J connectivity index is 1.62. The number of hydrogen-bond acceptors (Lipinski definition) is 7. The second kappa shape index (κ2) is 8.61. The molecule has 0 radical (unpaired) electrons. The summed E-state index contributed by atoms with van der Waals surface area (Å²) in [5.74, 6) is -2.11. The zero-order valence-electron chi connectivity index (χ0n) is 18.1. The molecule has 3 aromatic rings. The molecule has 1 saturated heterocycles. The molecule has 3 N–H and O–H groups in total. The number of nitrogens with one attached hydrogen (secondary N) is 1. The van der Waals surface area contributed by atoms with E-state index in [1.165, 1.54) is 29.4 Å². The van der Waals surface area contributed by atoms with Crippen LogP contribution in [0.3, 0.4) is 0 Å². The molecule has 0 bridgehead atoms. The first-order valence-electron chi connectivity index (χ1n) is 10.6. The number of nitrogens with zero attached hydrogens (tertiary/aromatic N) is 4. The second-order valence-electron chi connectivity index (χ2n) is 8.17. The molecule has 1 aromatic heterocycles. The molecule has 1 amide bonds. The monoisotopic (exact) mass is 520 g/mol. The average molecular weight is 521 g/mol. The van der Waals surface area contributed by atoms with Crippen molar-refractivity contribution in [3.8, 4) is 0 Å². The zero-order valence-corrected chi connectivity index (χ0v) is 19.7. The van der Waals surface area contributed by atoms with E-state index in [1.54, 1.807) is 4.90 Å². The van der Waals surface area contributed by atoms with E-state index in [1.807, 2.05) is 4.72 Å². The lowest BCUT2D eigenvalue weighted by Crippen LogP contribution is -2.27. The number of rotatable bonds is 5. The quantitative estimate of drug-likeness (QED) is 0.527. The molecule has 9 nitrogen and oxygen atoms in total. The lowest BCUT2D eigenvalue weighted by atomic mass is 10.1. The van der Waals surface area contributed by atoms with Gasteiger partial charge in [-0.05, 0) is 42.7 Å². The van der Waals surface area contributed by atoms with Crippen molar-refractivity contribution in [3.05, 3.63) is 58.9 Å². The smallest absolute Gasteiger partial charge is 0.262 e. The number of halogens is 3. The number of fused-ring (bicyclic) bond motifs is 1. The molecule has 2 aliphatic heterocycles. The van der Waals surface area contributed by atoms with Gasteiger partial charge in [0.15, 0.2) is 11.6 Å². The van der Waals surface area contributed by atoms with Gasteiger partial charge in [-0.2, -0.15) is 0 Å². The fraction of sp³-hybridized carbons (Fsp3) is 0.227. The largest absolute Gasteiger partial charge is 0.396 e. The molecule has 182 valence electrons. The predicted molar refractivity (Wildman–Crippen MR) is 127 cm³/mol. The van der Waals surface area contributed by atoms with Gasteiger partial charge in [0.1, 0.15) is 5.69 Å². The molecule has 0 spiro atoms. The lowest BCUT2D eigenvalue weighted by molar-refractivity contribution is -0.117. The fourth-order valence-corrected chi connectivity index (χ4v) is 5.60. The first kappa shape index (κ1) is 23.2. The number of carbonyl (C=O) groups excluding carboxylic acids is 1. The van der Waals surface area contributed by atoms with Crippen molar-refractivity contribution in [2.45, 2.75) is 24.2 Å². The number of anilines is 5. The summed E-state index contributed by atoms with van der Waals surface area (Å²) < 4.78 is 56.9. The van der Waals surface area contributed by atoms with Crippen molar-refractivity contribution in [2.75, 3.05) is 33.3 Å². The van der Waals surface area contributed by atoms with E-state index in [4.69, 9.17) is 17.3 Å².